The summed E-state index contributed by atoms with van der Waals surface area (Å²) in [5, 5.41) is 0. The smallest absolute Gasteiger partial charge is 0.248 e. The van der Waals surface area contributed by atoms with Crippen molar-refractivity contribution < 1.29 is 9.53 Å². The third-order valence-corrected chi connectivity index (χ3v) is 4.84. The largest absolute Gasteiger partial charge is 0.365 e. The van der Waals surface area contributed by atoms with Crippen LogP contribution >= 0.6 is 0 Å². The molecule has 1 unspecified atom stereocenters. The van der Waals surface area contributed by atoms with E-state index in [1.807, 2.05) is 13.1 Å². The second kappa shape index (κ2) is 7.23. The van der Waals surface area contributed by atoms with Gasteiger partial charge in [-0.3, -0.25) is 4.79 Å². The van der Waals surface area contributed by atoms with Crippen molar-refractivity contribution in [2.75, 3.05) is 51.8 Å². The van der Waals surface area contributed by atoms with E-state index in [1.165, 1.54) is 0 Å². The van der Waals surface area contributed by atoms with E-state index in [-0.39, 0.29) is 18.6 Å². The van der Waals surface area contributed by atoms with E-state index in [2.05, 4.69) is 26.8 Å². The van der Waals surface area contributed by atoms with Crippen LogP contribution in [-0.2, 0) is 9.53 Å². The van der Waals surface area contributed by atoms with Crippen molar-refractivity contribution in [3.05, 3.63) is 18.6 Å². The van der Waals surface area contributed by atoms with Crippen LogP contribution in [0.15, 0.2) is 18.6 Å². The Balaban J connectivity index is 1.46. The number of likely N-dealkylation sites (N-methyl/N-ethyl adjacent to an activating group) is 1. The monoisotopic (exact) mass is 319 g/mol. The molecule has 126 valence electrons. The highest BCUT2D eigenvalue weighted by molar-refractivity contribution is 5.77. The number of piperidine rings is 1. The second-order valence-corrected chi connectivity index (χ2v) is 6.42. The Kier molecular flexibility index (Phi) is 5.07. The second-order valence-electron chi connectivity index (χ2n) is 6.42. The number of rotatable bonds is 4. The summed E-state index contributed by atoms with van der Waals surface area (Å²) in [6, 6.07) is 2.47. The zero-order chi connectivity index (χ0) is 16.2. The third-order valence-electron chi connectivity index (χ3n) is 4.84. The minimum Gasteiger partial charge on any atom is -0.365 e. The van der Waals surface area contributed by atoms with Crippen LogP contribution in [0.4, 0.5) is 5.82 Å². The summed E-state index contributed by atoms with van der Waals surface area (Å²) in [6.07, 6.45) is 5.74. The van der Waals surface area contributed by atoms with E-state index < -0.39 is 0 Å². The molecule has 0 aliphatic carbocycles. The highest BCUT2D eigenvalue weighted by Crippen LogP contribution is 2.20. The number of anilines is 1. The molecule has 7 nitrogen and oxygen atoms in total. The van der Waals surface area contributed by atoms with Gasteiger partial charge in [0.25, 0.3) is 0 Å². The fourth-order valence-electron chi connectivity index (χ4n) is 3.33. The molecule has 2 aliphatic rings. The van der Waals surface area contributed by atoms with E-state index in [0.29, 0.717) is 12.6 Å². The maximum atomic E-state index is 11.5. The zero-order valence-electron chi connectivity index (χ0n) is 13.9. The van der Waals surface area contributed by atoms with Crippen LogP contribution in [0.5, 0.6) is 0 Å². The molecule has 23 heavy (non-hydrogen) atoms. The Morgan fingerprint density at radius 3 is 2.83 bits per heavy atom. The average Bonchev–Trinajstić information content (AvgIpc) is 2.59. The molecule has 0 bridgehead atoms. The van der Waals surface area contributed by atoms with E-state index in [1.54, 1.807) is 17.4 Å². The Labute approximate surface area is 137 Å². The van der Waals surface area contributed by atoms with Gasteiger partial charge in [-0.1, -0.05) is 0 Å². The van der Waals surface area contributed by atoms with Crippen LogP contribution in [0, 0.1) is 0 Å². The molecule has 0 saturated carbocycles. The minimum absolute atomic E-state index is 0.0754. The molecule has 1 atom stereocenters. The number of carbonyl (C=O) groups is 1. The van der Waals surface area contributed by atoms with Crippen molar-refractivity contribution >= 4 is 11.7 Å². The molecule has 1 aromatic heterocycles. The fraction of sp³-hybridized carbons (Fsp3) is 0.688. The lowest BCUT2D eigenvalue weighted by Crippen LogP contribution is -2.51. The first kappa shape index (κ1) is 16.1. The first-order chi connectivity index (χ1) is 11.1. The standard InChI is InChI=1S/C16H25N5O2/c1-19-9-14(23-11-16(19)22)10-21-7-4-13(5-8-21)20(2)15-3-6-17-12-18-15/h3,6,12-14H,4-5,7-11H2,1-2H3. The summed E-state index contributed by atoms with van der Waals surface area (Å²) in [6.45, 7) is 3.92. The molecule has 0 N–H and O–H groups in total. The SMILES string of the molecule is CN1CC(CN2CCC(N(C)c3ccncn3)CC2)OCC1=O. The van der Waals surface area contributed by atoms with Gasteiger partial charge < -0.3 is 19.4 Å². The van der Waals surface area contributed by atoms with Crippen molar-refractivity contribution in [2.24, 2.45) is 0 Å². The highest BCUT2D eigenvalue weighted by atomic mass is 16.5. The summed E-state index contributed by atoms with van der Waals surface area (Å²) in [5.41, 5.74) is 0. The molecule has 1 aromatic rings. The molecule has 2 aliphatic heterocycles. The van der Waals surface area contributed by atoms with Crippen LogP contribution < -0.4 is 4.90 Å². The number of hydrogen-bond acceptors (Lipinski definition) is 6. The number of carbonyl (C=O) groups excluding carboxylic acids is 1. The summed E-state index contributed by atoms with van der Waals surface area (Å²) >= 11 is 0. The van der Waals surface area contributed by atoms with Gasteiger partial charge >= 0.3 is 0 Å². The molecular weight excluding hydrogens is 294 g/mol. The van der Waals surface area contributed by atoms with Gasteiger partial charge in [0.15, 0.2) is 0 Å². The normalized spacial score (nSPS) is 24.0. The van der Waals surface area contributed by atoms with Crippen molar-refractivity contribution in [3.63, 3.8) is 0 Å². The first-order valence-corrected chi connectivity index (χ1v) is 8.20. The van der Waals surface area contributed by atoms with Crippen molar-refractivity contribution in [3.8, 4) is 0 Å². The number of ether oxygens (including phenoxy) is 1. The van der Waals surface area contributed by atoms with Crippen molar-refractivity contribution in [1.82, 2.24) is 19.8 Å². The molecular formula is C16H25N5O2. The number of nitrogens with zero attached hydrogens (tertiary/aromatic N) is 5. The average molecular weight is 319 g/mol. The van der Waals surface area contributed by atoms with Gasteiger partial charge in [0.05, 0.1) is 6.10 Å². The highest BCUT2D eigenvalue weighted by Gasteiger charge is 2.28. The zero-order valence-corrected chi connectivity index (χ0v) is 13.9. The van der Waals surface area contributed by atoms with Gasteiger partial charge in [0.1, 0.15) is 18.8 Å². The third kappa shape index (κ3) is 3.97. The molecule has 0 radical (unpaired) electrons. The Bertz CT molecular complexity index is 518. The quantitative estimate of drug-likeness (QED) is 0.792. The van der Waals surface area contributed by atoms with Crippen LogP contribution in [0.1, 0.15) is 12.8 Å². The summed E-state index contributed by atoms with van der Waals surface area (Å²) < 4.78 is 5.65. The predicted molar refractivity (Wildman–Crippen MR) is 87.3 cm³/mol. The topological polar surface area (TPSA) is 61.8 Å². The van der Waals surface area contributed by atoms with Gasteiger partial charge in [-0.2, -0.15) is 0 Å². The minimum atomic E-state index is 0.0754. The Hall–Kier alpha value is -1.73. The number of likely N-dealkylation sites (tertiary alicyclic amines) is 1. The van der Waals surface area contributed by atoms with Gasteiger partial charge in [0.2, 0.25) is 5.91 Å². The fourth-order valence-corrected chi connectivity index (χ4v) is 3.33. The molecule has 2 saturated heterocycles. The van der Waals surface area contributed by atoms with Crippen molar-refractivity contribution in [1.29, 1.82) is 0 Å². The molecule has 3 heterocycles. The summed E-state index contributed by atoms with van der Waals surface area (Å²) in [5.74, 6) is 1.06. The van der Waals surface area contributed by atoms with Gasteiger partial charge in [-0.25, -0.2) is 9.97 Å². The van der Waals surface area contributed by atoms with Gasteiger partial charge in [-0.15, -0.1) is 0 Å². The van der Waals surface area contributed by atoms with Crippen LogP contribution in [0.25, 0.3) is 0 Å². The van der Waals surface area contributed by atoms with Crippen LogP contribution in [-0.4, -0.2) is 84.7 Å². The molecule has 2 fully saturated rings. The summed E-state index contributed by atoms with van der Waals surface area (Å²) in [4.78, 5) is 26.2. The summed E-state index contributed by atoms with van der Waals surface area (Å²) in [7, 11) is 3.95. The predicted octanol–water partition coefficient (Wildman–Crippen LogP) is 0.234. The molecule has 0 aromatic carbocycles. The first-order valence-electron chi connectivity index (χ1n) is 8.20. The molecule has 7 heteroatoms. The number of hydrogen-bond donors (Lipinski definition) is 0. The van der Waals surface area contributed by atoms with Crippen LogP contribution in [0.2, 0.25) is 0 Å². The molecule has 0 spiro atoms. The maximum Gasteiger partial charge on any atom is 0.248 e. The van der Waals surface area contributed by atoms with E-state index in [0.717, 1.165) is 38.3 Å². The van der Waals surface area contributed by atoms with E-state index >= 15 is 0 Å². The van der Waals surface area contributed by atoms with Gasteiger partial charge in [-0.05, 0) is 18.9 Å². The molecule has 1 amide bonds. The lowest BCUT2D eigenvalue weighted by molar-refractivity contribution is -0.147. The lowest BCUT2D eigenvalue weighted by Gasteiger charge is -2.39. The number of amides is 1. The van der Waals surface area contributed by atoms with E-state index in [4.69, 9.17) is 4.74 Å². The number of morpholine rings is 1. The maximum absolute atomic E-state index is 11.5. The van der Waals surface area contributed by atoms with Crippen LogP contribution in [0.3, 0.4) is 0 Å². The lowest BCUT2D eigenvalue weighted by atomic mass is 10.0. The van der Waals surface area contributed by atoms with Crippen molar-refractivity contribution in [2.45, 2.75) is 25.0 Å². The Morgan fingerprint density at radius 1 is 1.39 bits per heavy atom. The van der Waals surface area contributed by atoms with E-state index in [9.17, 15) is 4.79 Å². The molecule has 3 rings (SSSR count). The number of aromatic nitrogens is 2. The van der Waals surface area contributed by atoms with Gasteiger partial charge in [0, 0.05) is 52.5 Å². The Morgan fingerprint density at radius 2 is 2.17 bits per heavy atom.